The molecule has 3 heteroatoms. The summed E-state index contributed by atoms with van der Waals surface area (Å²) in [7, 11) is 0. The lowest BCUT2D eigenvalue weighted by Crippen LogP contribution is -2.31. The molecule has 0 heterocycles. The summed E-state index contributed by atoms with van der Waals surface area (Å²) in [5.41, 5.74) is 0.829. The normalized spacial score (nSPS) is 13.9. The van der Waals surface area contributed by atoms with E-state index in [9.17, 15) is 9.90 Å². The Balaban J connectivity index is 2.95. The van der Waals surface area contributed by atoms with Crippen molar-refractivity contribution in [1.29, 1.82) is 0 Å². The zero-order valence-corrected chi connectivity index (χ0v) is 9.56. The smallest absolute Gasteiger partial charge is 0.335 e. The molecule has 0 aromatic heterocycles. The maximum atomic E-state index is 11.4. The number of rotatable bonds is 4. The first-order valence-electron chi connectivity index (χ1n) is 5.16. The molecule has 0 fully saturated rings. The Morgan fingerprint density at radius 2 is 2.00 bits per heavy atom. The van der Waals surface area contributed by atoms with Crippen LogP contribution in [0.2, 0.25) is 0 Å². The summed E-state index contributed by atoms with van der Waals surface area (Å²) >= 11 is 0. The van der Waals surface area contributed by atoms with Crippen molar-refractivity contribution in [2.24, 2.45) is 0 Å². The van der Waals surface area contributed by atoms with E-state index in [-0.39, 0.29) is 12.0 Å². The van der Waals surface area contributed by atoms with Crippen molar-refractivity contribution in [2.45, 2.75) is 26.1 Å². The predicted octanol–water partition coefficient (Wildman–Crippen LogP) is 2.36. The molecule has 0 aliphatic rings. The van der Waals surface area contributed by atoms with Crippen LogP contribution in [0.25, 0.3) is 0 Å². The van der Waals surface area contributed by atoms with Crippen molar-refractivity contribution in [1.82, 2.24) is 0 Å². The van der Waals surface area contributed by atoms with E-state index in [0.29, 0.717) is 5.56 Å². The maximum Gasteiger partial charge on any atom is 0.335 e. The van der Waals surface area contributed by atoms with Gasteiger partial charge in [-0.3, -0.25) is 0 Å². The molecule has 1 aromatic carbocycles. The summed E-state index contributed by atoms with van der Waals surface area (Å²) in [4.78, 5) is 11.4. The standard InChI is InChI=1S/C13H16O3/c1-4-13(15,16-12(14)10(2)3)11-8-6-5-7-9-11/h5-9,15H,2,4H2,1,3H3. The Hall–Kier alpha value is -1.61. The van der Waals surface area contributed by atoms with Gasteiger partial charge in [-0.1, -0.05) is 43.8 Å². The van der Waals surface area contributed by atoms with Gasteiger partial charge in [-0.2, -0.15) is 0 Å². The van der Waals surface area contributed by atoms with Crippen molar-refractivity contribution < 1.29 is 14.6 Å². The number of hydrogen-bond donors (Lipinski definition) is 1. The molecule has 0 spiro atoms. The van der Waals surface area contributed by atoms with E-state index in [1.54, 1.807) is 38.1 Å². The summed E-state index contributed by atoms with van der Waals surface area (Å²) in [6.45, 7) is 6.78. The second-order valence-electron chi connectivity index (χ2n) is 3.67. The Bertz CT molecular complexity index is 383. The van der Waals surface area contributed by atoms with Crippen molar-refractivity contribution in [2.75, 3.05) is 0 Å². The van der Waals surface area contributed by atoms with Crippen molar-refractivity contribution >= 4 is 5.97 Å². The van der Waals surface area contributed by atoms with E-state index in [1.165, 1.54) is 0 Å². The van der Waals surface area contributed by atoms with Gasteiger partial charge in [-0.15, -0.1) is 0 Å². The minimum Gasteiger partial charge on any atom is -0.425 e. The molecule has 1 N–H and O–H groups in total. The van der Waals surface area contributed by atoms with Gasteiger partial charge in [0.25, 0.3) is 0 Å². The number of ether oxygens (including phenoxy) is 1. The lowest BCUT2D eigenvalue weighted by atomic mass is 10.0. The SMILES string of the molecule is C=C(C)C(=O)OC(O)(CC)c1ccccc1. The van der Waals surface area contributed by atoms with Gasteiger partial charge in [0.05, 0.1) is 0 Å². The van der Waals surface area contributed by atoms with Crippen LogP contribution in [-0.4, -0.2) is 11.1 Å². The van der Waals surface area contributed by atoms with Crippen LogP contribution in [0.3, 0.4) is 0 Å². The van der Waals surface area contributed by atoms with Crippen molar-refractivity contribution in [3.8, 4) is 0 Å². The van der Waals surface area contributed by atoms with E-state index < -0.39 is 11.8 Å². The van der Waals surface area contributed by atoms with Crippen LogP contribution in [0, 0.1) is 0 Å². The zero-order valence-electron chi connectivity index (χ0n) is 9.56. The number of carbonyl (C=O) groups is 1. The third kappa shape index (κ3) is 2.70. The first kappa shape index (κ1) is 12.5. The molecule has 0 aliphatic heterocycles. The molecule has 0 amide bonds. The number of esters is 1. The molecule has 1 unspecified atom stereocenters. The number of benzene rings is 1. The van der Waals surface area contributed by atoms with Crippen LogP contribution in [0.15, 0.2) is 42.5 Å². The number of aliphatic hydroxyl groups is 1. The van der Waals surface area contributed by atoms with Gasteiger partial charge < -0.3 is 9.84 Å². The van der Waals surface area contributed by atoms with Gasteiger partial charge >= 0.3 is 5.97 Å². The Morgan fingerprint density at radius 3 is 2.44 bits per heavy atom. The van der Waals surface area contributed by atoms with E-state index >= 15 is 0 Å². The molecule has 0 radical (unpaired) electrons. The summed E-state index contributed by atoms with van der Waals surface area (Å²) in [6.07, 6.45) is 0.288. The Labute approximate surface area is 95.4 Å². The molecule has 3 nitrogen and oxygen atoms in total. The van der Waals surface area contributed by atoms with Crippen LogP contribution in [0.1, 0.15) is 25.8 Å². The van der Waals surface area contributed by atoms with Crippen LogP contribution >= 0.6 is 0 Å². The lowest BCUT2D eigenvalue weighted by molar-refractivity contribution is -0.212. The van der Waals surface area contributed by atoms with Crippen molar-refractivity contribution in [3.05, 3.63) is 48.0 Å². The third-order valence-corrected chi connectivity index (χ3v) is 2.31. The second kappa shape index (κ2) is 4.94. The van der Waals surface area contributed by atoms with Crippen LogP contribution < -0.4 is 0 Å². The highest BCUT2D eigenvalue weighted by Crippen LogP contribution is 2.26. The van der Waals surface area contributed by atoms with Gasteiger partial charge in [0.2, 0.25) is 5.79 Å². The maximum absolute atomic E-state index is 11.4. The highest BCUT2D eigenvalue weighted by atomic mass is 16.7. The third-order valence-electron chi connectivity index (χ3n) is 2.31. The molecule has 0 saturated heterocycles. The predicted molar refractivity (Wildman–Crippen MR) is 61.5 cm³/mol. The van der Waals surface area contributed by atoms with Gasteiger partial charge in [0.1, 0.15) is 0 Å². The fourth-order valence-electron chi connectivity index (χ4n) is 1.27. The van der Waals surface area contributed by atoms with Crippen LogP contribution in [0.5, 0.6) is 0 Å². The zero-order chi connectivity index (χ0) is 12.2. The molecule has 0 saturated carbocycles. The largest absolute Gasteiger partial charge is 0.425 e. The molecule has 16 heavy (non-hydrogen) atoms. The summed E-state index contributed by atoms with van der Waals surface area (Å²) < 4.78 is 5.05. The van der Waals surface area contributed by atoms with Crippen LogP contribution in [0.4, 0.5) is 0 Å². The first-order valence-corrected chi connectivity index (χ1v) is 5.16. The molecular formula is C13H16O3. The van der Waals surface area contributed by atoms with Gasteiger partial charge in [-0.05, 0) is 6.92 Å². The molecule has 1 aromatic rings. The quantitative estimate of drug-likeness (QED) is 0.481. The minimum absolute atomic E-state index is 0.266. The fourth-order valence-corrected chi connectivity index (χ4v) is 1.27. The lowest BCUT2D eigenvalue weighted by Gasteiger charge is -2.27. The van der Waals surface area contributed by atoms with E-state index in [2.05, 4.69) is 6.58 Å². The second-order valence-corrected chi connectivity index (χ2v) is 3.67. The van der Waals surface area contributed by atoms with Gasteiger partial charge in [0, 0.05) is 17.6 Å². The fraction of sp³-hybridized carbons (Fsp3) is 0.308. The summed E-state index contributed by atoms with van der Waals surface area (Å²) in [5.74, 6) is -2.16. The first-order chi connectivity index (χ1) is 7.49. The molecule has 86 valence electrons. The average Bonchev–Trinajstić information content (AvgIpc) is 2.29. The van der Waals surface area contributed by atoms with Crippen LogP contribution in [-0.2, 0) is 15.3 Å². The van der Waals surface area contributed by atoms with Gasteiger partial charge in [0.15, 0.2) is 0 Å². The molecular weight excluding hydrogens is 204 g/mol. The minimum atomic E-state index is -1.57. The number of hydrogen-bond acceptors (Lipinski definition) is 3. The molecule has 0 aliphatic carbocycles. The van der Waals surface area contributed by atoms with E-state index in [4.69, 9.17) is 4.74 Å². The Kier molecular flexibility index (Phi) is 3.85. The monoisotopic (exact) mass is 220 g/mol. The molecule has 1 atom stereocenters. The average molecular weight is 220 g/mol. The molecule has 0 bridgehead atoms. The van der Waals surface area contributed by atoms with E-state index in [0.717, 1.165) is 0 Å². The van der Waals surface area contributed by atoms with Crippen molar-refractivity contribution in [3.63, 3.8) is 0 Å². The highest BCUT2D eigenvalue weighted by molar-refractivity contribution is 5.87. The summed E-state index contributed by atoms with van der Waals surface area (Å²) in [6, 6.07) is 8.83. The van der Waals surface area contributed by atoms with Gasteiger partial charge in [-0.25, -0.2) is 4.79 Å². The number of carbonyl (C=O) groups excluding carboxylic acids is 1. The summed E-state index contributed by atoms with van der Waals surface area (Å²) in [5, 5.41) is 10.2. The topological polar surface area (TPSA) is 46.5 Å². The highest BCUT2D eigenvalue weighted by Gasteiger charge is 2.31. The molecule has 1 rings (SSSR count). The van der Waals surface area contributed by atoms with E-state index in [1.807, 2.05) is 6.07 Å². The Morgan fingerprint density at radius 1 is 1.44 bits per heavy atom.